The van der Waals surface area contributed by atoms with Crippen molar-refractivity contribution in [2.45, 2.75) is 6.92 Å². The molecule has 0 nitrogen and oxygen atoms in total. The third kappa shape index (κ3) is 1.92. The van der Waals surface area contributed by atoms with Crippen molar-refractivity contribution in [3.05, 3.63) is 33.8 Å². The van der Waals surface area contributed by atoms with Crippen LogP contribution in [0.5, 0.6) is 0 Å². The molecule has 3 heteroatoms. The average Bonchev–Trinajstić information content (AvgIpc) is 1.94. The van der Waals surface area contributed by atoms with Crippen molar-refractivity contribution in [3.63, 3.8) is 0 Å². The van der Waals surface area contributed by atoms with E-state index < -0.39 is 0 Å². The van der Waals surface area contributed by atoms with E-state index in [2.05, 4.69) is 0 Å². The quantitative estimate of drug-likeness (QED) is 0.497. The van der Waals surface area contributed by atoms with Crippen molar-refractivity contribution in [1.29, 1.82) is 0 Å². The summed E-state index contributed by atoms with van der Waals surface area (Å²) in [5.41, 5.74) is 0.842. The number of hydrogen-bond donors (Lipinski definition) is 0. The van der Waals surface area contributed by atoms with E-state index in [9.17, 15) is 0 Å². The summed E-state index contributed by atoms with van der Waals surface area (Å²) >= 11 is 16.6. The maximum absolute atomic E-state index is 5.87. The van der Waals surface area contributed by atoms with Crippen LogP contribution < -0.4 is 0 Å². The van der Waals surface area contributed by atoms with Gasteiger partial charge >= 0.3 is 0 Å². The molecule has 0 saturated heterocycles. The van der Waals surface area contributed by atoms with Crippen LogP contribution in [0, 0.1) is 0 Å². The molecular weight excluding hydrogens is 199 g/mol. The molecule has 0 radical (unpaired) electrons. The van der Waals surface area contributed by atoms with Crippen molar-refractivity contribution in [3.8, 4) is 0 Å². The smallest absolute Gasteiger partial charge is 0.0675 e. The number of rotatable bonds is 1. The first kappa shape index (κ1) is 8.98. The second-order valence-electron chi connectivity index (χ2n) is 2.16. The molecule has 0 aromatic heterocycles. The summed E-state index contributed by atoms with van der Waals surface area (Å²) < 4.78 is 0. The lowest BCUT2D eigenvalue weighted by Crippen LogP contribution is -1.90. The number of thiocarbonyl (C=S) groups is 1. The number of benzene rings is 1. The summed E-state index contributed by atoms with van der Waals surface area (Å²) in [7, 11) is 0. The molecule has 0 heterocycles. The van der Waals surface area contributed by atoms with E-state index >= 15 is 0 Å². The minimum Gasteiger partial charge on any atom is -0.0845 e. The normalized spacial score (nSPS) is 9.73. The summed E-state index contributed by atoms with van der Waals surface area (Å²) in [4.78, 5) is 0.762. The Kier molecular flexibility index (Phi) is 2.88. The number of halogens is 2. The molecule has 0 fully saturated rings. The van der Waals surface area contributed by atoms with Gasteiger partial charge in [-0.1, -0.05) is 47.6 Å². The van der Waals surface area contributed by atoms with Crippen molar-refractivity contribution in [2.75, 3.05) is 0 Å². The molecule has 0 N–H and O–H groups in total. The van der Waals surface area contributed by atoms with Gasteiger partial charge in [-0.05, 0) is 13.0 Å². The summed E-state index contributed by atoms with van der Waals surface area (Å²) in [5.74, 6) is 0. The van der Waals surface area contributed by atoms with Crippen LogP contribution in [0.2, 0.25) is 10.0 Å². The largest absolute Gasteiger partial charge is 0.0845 e. The molecular formula is C8H6Cl2S. The molecule has 1 aromatic rings. The van der Waals surface area contributed by atoms with Gasteiger partial charge in [-0.2, -0.15) is 0 Å². The van der Waals surface area contributed by atoms with Crippen LogP contribution in [0.25, 0.3) is 0 Å². The van der Waals surface area contributed by atoms with Gasteiger partial charge in [0.05, 0.1) is 10.0 Å². The summed E-state index contributed by atoms with van der Waals surface area (Å²) in [5, 5.41) is 1.09. The minimum atomic E-state index is 0.543. The van der Waals surface area contributed by atoms with Crippen LogP contribution in [0.4, 0.5) is 0 Å². The highest BCUT2D eigenvalue weighted by molar-refractivity contribution is 7.80. The van der Waals surface area contributed by atoms with Crippen LogP contribution in [0.1, 0.15) is 12.5 Å². The van der Waals surface area contributed by atoms with Crippen LogP contribution in [0.3, 0.4) is 0 Å². The van der Waals surface area contributed by atoms with E-state index in [0.717, 1.165) is 10.4 Å². The summed E-state index contributed by atoms with van der Waals surface area (Å²) in [6.45, 7) is 1.83. The molecule has 0 aliphatic carbocycles. The summed E-state index contributed by atoms with van der Waals surface area (Å²) in [6.07, 6.45) is 0. The lowest BCUT2D eigenvalue weighted by Gasteiger charge is -2.01. The van der Waals surface area contributed by atoms with Crippen LogP contribution in [-0.4, -0.2) is 4.86 Å². The van der Waals surface area contributed by atoms with Gasteiger partial charge in [0.15, 0.2) is 0 Å². The molecule has 0 bridgehead atoms. The van der Waals surface area contributed by atoms with E-state index in [-0.39, 0.29) is 0 Å². The highest BCUT2D eigenvalue weighted by Crippen LogP contribution is 2.25. The highest BCUT2D eigenvalue weighted by Gasteiger charge is 2.04. The van der Waals surface area contributed by atoms with Crippen LogP contribution >= 0.6 is 35.4 Å². The first-order valence-electron chi connectivity index (χ1n) is 3.08. The van der Waals surface area contributed by atoms with Gasteiger partial charge in [0, 0.05) is 10.4 Å². The minimum absolute atomic E-state index is 0.543. The van der Waals surface area contributed by atoms with E-state index in [1.807, 2.05) is 19.1 Å². The zero-order valence-electron chi connectivity index (χ0n) is 5.90. The van der Waals surface area contributed by atoms with Gasteiger partial charge in [0.2, 0.25) is 0 Å². The van der Waals surface area contributed by atoms with Crippen LogP contribution in [-0.2, 0) is 0 Å². The zero-order valence-corrected chi connectivity index (χ0v) is 8.22. The highest BCUT2D eigenvalue weighted by atomic mass is 35.5. The van der Waals surface area contributed by atoms with Gasteiger partial charge in [0.25, 0.3) is 0 Å². The molecule has 11 heavy (non-hydrogen) atoms. The second kappa shape index (κ2) is 3.53. The van der Waals surface area contributed by atoms with Crippen molar-refractivity contribution in [2.24, 2.45) is 0 Å². The fourth-order valence-corrected chi connectivity index (χ4v) is 1.44. The second-order valence-corrected chi connectivity index (χ2v) is 3.56. The first-order valence-corrected chi connectivity index (χ1v) is 4.24. The third-order valence-corrected chi connectivity index (χ3v) is 2.37. The van der Waals surface area contributed by atoms with Crippen molar-refractivity contribution in [1.82, 2.24) is 0 Å². The molecule has 1 aromatic carbocycles. The van der Waals surface area contributed by atoms with Crippen LogP contribution in [0.15, 0.2) is 18.2 Å². The molecule has 58 valence electrons. The Labute approximate surface area is 81.1 Å². The van der Waals surface area contributed by atoms with Crippen molar-refractivity contribution < 1.29 is 0 Å². The topological polar surface area (TPSA) is 0 Å². The Balaban J connectivity index is 3.27. The number of hydrogen-bond acceptors (Lipinski definition) is 1. The Bertz CT molecular complexity index is 294. The SMILES string of the molecule is CC(=S)c1cccc(Cl)c1Cl. The maximum atomic E-state index is 5.87. The van der Waals surface area contributed by atoms with Gasteiger partial charge in [-0.15, -0.1) is 0 Å². The first-order chi connectivity index (χ1) is 5.13. The molecule has 0 atom stereocenters. The van der Waals surface area contributed by atoms with Gasteiger partial charge < -0.3 is 0 Å². The van der Waals surface area contributed by atoms with Gasteiger partial charge in [0.1, 0.15) is 0 Å². The molecule has 0 aliphatic rings. The Morgan fingerprint density at radius 1 is 1.36 bits per heavy atom. The lowest BCUT2D eigenvalue weighted by molar-refractivity contribution is 1.65. The lowest BCUT2D eigenvalue weighted by atomic mass is 10.2. The van der Waals surface area contributed by atoms with E-state index in [0.29, 0.717) is 10.0 Å². The average molecular weight is 205 g/mol. The van der Waals surface area contributed by atoms with E-state index in [4.69, 9.17) is 35.4 Å². The Morgan fingerprint density at radius 3 is 2.45 bits per heavy atom. The fourth-order valence-electron chi connectivity index (χ4n) is 0.776. The standard InChI is InChI=1S/C8H6Cl2S/c1-5(11)6-3-2-4-7(9)8(6)10/h2-4H,1H3. The fraction of sp³-hybridized carbons (Fsp3) is 0.125. The Morgan fingerprint density at radius 2 is 2.00 bits per heavy atom. The molecule has 1 rings (SSSR count). The van der Waals surface area contributed by atoms with E-state index in [1.165, 1.54) is 0 Å². The molecule has 0 amide bonds. The molecule has 0 spiro atoms. The maximum Gasteiger partial charge on any atom is 0.0675 e. The third-order valence-electron chi connectivity index (χ3n) is 1.33. The molecule has 0 unspecified atom stereocenters. The predicted octanol–water partition coefficient (Wildman–Crippen LogP) is 3.73. The van der Waals surface area contributed by atoms with Gasteiger partial charge in [-0.25, -0.2) is 0 Å². The monoisotopic (exact) mass is 204 g/mol. The Hall–Kier alpha value is -0.110. The van der Waals surface area contributed by atoms with E-state index in [1.54, 1.807) is 6.07 Å². The molecule has 0 aliphatic heterocycles. The van der Waals surface area contributed by atoms with Gasteiger partial charge in [-0.3, -0.25) is 0 Å². The zero-order chi connectivity index (χ0) is 8.43. The molecule has 0 saturated carbocycles. The predicted molar refractivity (Wildman–Crippen MR) is 53.8 cm³/mol. The summed E-state index contributed by atoms with van der Waals surface area (Å²) in [6, 6.07) is 5.43. The van der Waals surface area contributed by atoms with Crippen molar-refractivity contribution >= 4 is 40.3 Å².